The van der Waals surface area contributed by atoms with Crippen LogP contribution in [0.15, 0.2) is 17.4 Å². The fourth-order valence-electron chi connectivity index (χ4n) is 1.99. The number of carbonyl (C=O) groups is 2. The first kappa shape index (κ1) is 17.8. The molecule has 1 rings (SSSR count). The zero-order chi connectivity index (χ0) is 16.5. The summed E-state index contributed by atoms with van der Waals surface area (Å²) in [7, 11) is 1.49. The highest BCUT2D eigenvalue weighted by Gasteiger charge is 2.28. The number of carbonyl (C=O) groups excluding carboxylic acids is 2. The van der Waals surface area contributed by atoms with Crippen LogP contribution in [0, 0.1) is 0 Å². The SMILES string of the molecule is CNC(=O)OC[C@@H]1CC[C@H](CN(/C=C\C(N)=NO)C(C)=O)O1. The van der Waals surface area contributed by atoms with Crippen molar-refractivity contribution >= 4 is 17.8 Å². The number of nitrogens with one attached hydrogen (secondary N) is 1. The van der Waals surface area contributed by atoms with E-state index >= 15 is 0 Å². The van der Waals surface area contributed by atoms with Gasteiger partial charge < -0.3 is 30.6 Å². The van der Waals surface area contributed by atoms with Crippen LogP contribution in [0.3, 0.4) is 0 Å². The number of hydrogen-bond acceptors (Lipinski definition) is 6. The highest BCUT2D eigenvalue weighted by molar-refractivity contribution is 5.91. The molecule has 0 radical (unpaired) electrons. The zero-order valence-electron chi connectivity index (χ0n) is 12.7. The van der Waals surface area contributed by atoms with Gasteiger partial charge in [0.15, 0.2) is 5.84 Å². The molecule has 0 aromatic rings. The van der Waals surface area contributed by atoms with Crippen LogP contribution in [0.4, 0.5) is 4.79 Å². The normalized spacial score (nSPS) is 21.8. The van der Waals surface area contributed by atoms with E-state index in [1.54, 1.807) is 0 Å². The van der Waals surface area contributed by atoms with Crippen LogP contribution in [0.1, 0.15) is 19.8 Å². The molecule has 1 aliphatic heterocycles. The van der Waals surface area contributed by atoms with Crippen LogP contribution >= 0.6 is 0 Å². The van der Waals surface area contributed by atoms with Crippen molar-refractivity contribution in [3.05, 3.63) is 12.3 Å². The lowest BCUT2D eigenvalue weighted by Gasteiger charge is -2.21. The van der Waals surface area contributed by atoms with Crippen LogP contribution in [-0.2, 0) is 14.3 Å². The van der Waals surface area contributed by atoms with Crippen molar-refractivity contribution in [2.45, 2.75) is 32.0 Å². The Morgan fingerprint density at radius 2 is 2.18 bits per heavy atom. The highest BCUT2D eigenvalue weighted by atomic mass is 16.6. The number of oxime groups is 1. The molecule has 22 heavy (non-hydrogen) atoms. The molecule has 4 N–H and O–H groups in total. The quantitative estimate of drug-likeness (QED) is 0.274. The number of hydrogen-bond donors (Lipinski definition) is 3. The smallest absolute Gasteiger partial charge is 0.406 e. The van der Waals surface area contributed by atoms with Gasteiger partial charge in [0.05, 0.1) is 18.8 Å². The van der Waals surface area contributed by atoms with Crippen LogP contribution in [0.2, 0.25) is 0 Å². The molecule has 0 unspecified atom stereocenters. The minimum Gasteiger partial charge on any atom is -0.447 e. The molecule has 9 heteroatoms. The van der Waals surface area contributed by atoms with Gasteiger partial charge in [-0.05, 0) is 18.9 Å². The van der Waals surface area contributed by atoms with Gasteiger partial charge in [-0.3, -0.25) is 4.79 Å². The van der Waals surface area contributed by atoms with Gasteiger partial charge in [0.25, 0.3) is 0 Å². The summed E-state index contributed by atoms with van der Waals surface area (Å²) in [5.41, 5.74) is 5.32. The zero-order valence-corrected chi connectivity index (χ0v) is 12.7. The monoisotopic (exact) mass is 314 g/mol. The van der Waals surface area contributed by atoms with Crippen molar-refractivity contribution in [3.63, 3.8) is 0 Å². The molecule has 2 amide bonds. The summed E-state index contributed by atoms with van der Waals surface area (Å²) >= 11 is 0. The predicted octanol–water partition coefficient (Wildman–Crippen LogP) is -0.00140. The molecule has 1 heterocycles. The number of alkyl carbamates (subject to hydrolysis) is 1. The number of amides is 2. The second-order valence-corrected chi connectivity index (χ2v) is 4.82. The van der Waals surface area contributed by atoms with E-state index in [1.807, 2.05) is 0 Å². The van der Waals surface area contributed by atoms with E-state index in [2.05, 4.69) is 10.5 Å². The number of nitrogens with zero attached hydrogens (tertiary/aromatic N) is 2. The summed E-state index contributed by atoms with van der Waals surface area (Å²) in [5, 5.41) is 13.6. The Kier molecular flexibility index (Phi) is 7.17. The van der Waals surface area contributed by atoms with Gasteiger partial charge in [-0.1, -0.05) is 5.16 Å². The average Bonchev–Trinajstić information content (AvgIpc) is 2.95. The molecule has 124 valence electrons. The predicted molar refractivity (Wildman–Crippen MR) is 78.2 cm³/mol. The minimum absolute atomic E-state index is 0.101. The van der Waals surface area contributed by atoms with E-state index in [-0.39, 0.29) is 30.6 Å². The van der Waals surface area contributed by atoms with E-state index in [0.717, 1.165) is 12.8 Å². The maximum Gasteiger partial charge on any atom is 0.406 e. The number of nitrogens with two attached hydrogens (primary N) is 1. The summed E-state index contributed by atoms with van der Waals surface area (Å²) < 4.78 is 10.7. The molecule has 2 atom stereocenters. The van der Waals surface area contributed by atoms with Crippen molar-refractivity contribution in [2.75, 3.05) is 20.2 Å². The van der Waals surface area contributed by atoms with Gasteiger partial charge in [0, 0.05) is 20.2 Å². The Hall–Kier alpha value is -2.29. The molecule has 0 aromatic heterocycles. The van der Waals surface area contributed by atoms with Gasteiger partial charge in [-0.25, -0.2) is 4.79 Å². The number of ether oxygens (including phenoxy) is 2. The topological polar surface area (TPSA) is 126 Å². The van der Waals surface area contributed by atoms with Gasteiger partial charge >= 0.3 is 6.09 Å². The van der Waals surface area contributed by atoms with Crippen molar-refractivity contribution in [1.82, 2.24) is 10.2 Å². The molecule has 0 aromatic carbocycles. The third-order valence-electron chi connectivity index (χ3n) is 3.15. The number of rotatable bonds is 6. The summed E-state index contributed by atoms with van der Waals surface area (Å²) in [6, 6.07) is 0. The van der Waals surface area contributed by atoms with E-state index < -0.39 is 6.09 Å². The fraction of sp³-hybridized carbons (Fsp3) is 0.615. The lowest BCUT2D eigenvalue weighted by molar-refractivity contribution is -0.128. The van der Waals surface area contributed by atoms with Crippen LogP contribution in [-0.4, -0.2) is 60.4 Å². The molecule has 1 fully saturated rings. The van der Waals surface area contributed by atoms with Crippen LogP contribution in [0.25, 0.3) is 0 Å². The van der Waals surface area contributed by atoms with Gasteiger partial charge in [0.2, 0.25) is 5.91 Å². The lowest BCUT2D eigenvalue weighted by Crippen LogP contribution is -2.33. The van der Waals surface area contributed by atoms with Crippen molar-refractivity contribution in [2.24, 2.45) is 10.9 Å². The molecular formula is C13H22N4O5. The second kappa shape index (κ2) is 8.88. The summed E-state index contributed by atoms with van der Waals surface area (Å²) in [6.45, 7) is 1.94. The maximum atomic E-state index is 11.6. The van der Waals surface area contributed by atoms with Crippen LogP contribution < -0.4 is 11.1 Å². The lowest BCUT2D eigenvalue weighted by atomic mass is 10.2. The molecule has 9 nitrogen and oxygen atoms in total. The van der Waals surface area contributed by atoms with Crippen LogP contribution in [0.5, 0.6) is 0 Å². The molecule has 0 saturated carbocycles. The molecule has 0 aliphatic carbocycles. The first-order valence-corrected chi connectivity index (χ1v) is 6.89. The van der Waals surface area contributed by atoms with E-state index in [1.165, 1.54) is 31.1 Å². The van der Waals surface area contributed by atoms with E-state index in [4.69, 9.17) is 20.4 Å². The Bertz CT molecular complexity index is 452. The van der Waals surface area contributed by atoms with Gasteiger partial charge in [-0.15, -0.1) is 0 Å². The van der Waals surface area contributed by atoms with Gasteiger partial charge in [0.1, 0.15) is 6.61 Å². The van der Waals surface area contributed by atoms with Gasteiger partial charge in [-0.2, -0.15) is 0 Å². The summed E-state index contributed by atoms with van der Waals surface area (Å²) in [4.78, 5) is 24.0. The standard InChI is InChI=1S/C13H22N4O5/c1-9(18)17(6-5-12(14)16-20)7-10-3-4-11(22-10)8-21-13(19)15-2/h5-6,10-11,20H,3-4,7-8H2,1-2H3,(H2,14,16)(H,15,19)/b6-5-/t10-,11+/m1/s1. The molecule has 0 bridgehead atoms. The Morgan fingerprint density at radius 1 is 1.50 bits per heavy atom. The summed E-state index contributed by atoms with van der Waals surface area (Å²) in [6.07, 6.45) is 3.43. The first-order valence-electron chi connectivity index (χ1n) is 6.89. The fourth-order valence-corrected chi connectivity index (χ4v) is 1.99. The molecule has 0 spiro atoms. The third-order valence-corrected chi connectivity index (χ3v) is 3.15. The molecule has 1 saturated heterocycles. The van der Waals surface area contributed by atoms with Crippen molar-refractivity contribution < 1.29 is 24.3 Å². The largest absolute Gasteiger partial charge is 0.447 e. The van der Waals surface area contributed by atoms with E-state index in [0.29, 0.717) is 6.54 Å². The first-order chi connectivity index (χ1) is 10.5. The Labute approximate surface area is 128 Å². The van der Waals surface area contributed by atoms with Crippen molar-refractivity contribution in [1.29, 1.82) is 0 Å². The minimum atomic E-state index is -0.501. The number of amidine groups is 1. The van der Waals surface area contributed by atoms with Crippen molar-refractivity contribution in [3.8, 4) is 0 Å². The Morgan fingerprint density at radius 3 is 2.77 bits per heavy atom. The maximum absolute atomic E-state index is 11.6. The average molecular weight is 314 g/mol. The highest BCUT2D eigenvalue weighted by Crippen LogP contribution is 2.21. The third kappa shape index (κ3) is 6.00. The molecule has 1 aliphatic rings. The second-order valence-electron chi connectivity index (χ2n) is 4.82. The summed E-state index contributed by atoms with van der Waals surface area (Å²) in [5.74, 6) is -0.286. The molecular weight excluding hydrogens is 292 g/mol. The van der Waals surface area contributed by atoms with E-state index in [9.17, 15) is 9.59 Å². The Balaban J connectivity index is 2.46.